The van der Waals surface area contributed by atoms with E-state index in [9.17, 15) is 4.79 Å². The van der Waals surface area contributed by atoms with Gasteiger partial charge in [-0.25, -0.2) is 0 Å². The average Bonchev–Trinajstić information content (AvgIpc) is 3.14. The van der Waals surface area contributed by atoms with Crippen molar-refractivity contribution < 1.29 is 13.9 Å². The van der Waals surface area contributed by atoms with Gasteiger partial charge in [-0.3, -0.25) is 4.79 Å². The van der Waals surface area contributed by atoms with Crippen LogP contribution in [0.25, 0.3) is 11.1 Å². The van der Waals surface area contributed by atoms with Crippen LogP contribution < -0.4 is 9.64 Å². The van der Waals surface area contributed by atoms with Crippen LogP contribution in [0.3, 0.4) is 0 Å². The SMILES string of the molecule is CN(C(=O)COc1cc(Cl)cc(-c2ccoc2)c1)c1ccccc1. The molecular weight excluding hydrogens is 326 g/mol. The Morgan fingerprint density at radius 3 is 2.62 bits per heavy atom. The van der Waals surface area contributed by atoms with Gasteiger partial charge in [0.05, 0.1) is 12.5 Å². The molecule has 24 heavy (non-hydrogen) atoms. The van der Waals surface area contributed by atoms with Crippen LogP contribution in [0.2, 0.25) is 5.02 Å². The molecule has 4 nitrogen and oxygen atoms in total. The number of halogens is 1. The maximum absolute atomic E-state index is 12.3. The molecule has 0 atom stereocenters. The number of likely N-dealkylation sites (N-methyl/N-ethyl adjacent to an activating group) is 1. The summed E-state index contributed by atoms with van der Waals surface area (Å²) in [6, 6.07) is 16.6. The fraction of sp³-hybridized carbons (Fsp3) is 0.105. The lowest BCUT2D eigenvalue weighted by Crippen LogP contribution is -2.31. The second kappa shape index (κ2) is 7.23. The summed E-state index contributed by atoms with van der Waals surface area (Å²) in [5.74, 6) is 0.388. The van der Waals surface area contributed by atoms with Gasteiger partial charge in [0.25, 0.3) is 5.91 Å². The molecule has 1 heterocycles. The van der Waals surface area contributed by atoms with E-state index in [0.717, 1.165) is 16.8 Å². The predicted octanol–water partition coefficient (Wildman–Crippen LogP) is 4.64. The molecule has 0 saturated heterocycles. The normalized spacial score (nSPS) is 10.4. The zero-order valence-corrected chi connectivity index (χ0v) is 13.9. The summed E-state index contributed by atoms with van der Waals surface area (Å²) in [6.07, 6.45) is 3.22. The van der Waals surface area contributed by atoms with Crippen LogP contribution in [0.15, 0.2) is 71.5 Å². The highest BCUT2D eigenvalue weighted by Gasteiger charge is 2.12. The van der Waals surface area contributed by atoms with E-state index in [1.165, 1.54) is 0 Å². The van der Waals surface area contributed by atoms with E-state index < -0.39 is 0 Å². The zero-order chi connectivity index (χ0) is 16.9. The second-order valence-electron chi connectivity index (χ2n) is 5.26. The number of hydrogen-bond acceptors (Lipinski definition) is 3. The number of rotatable bonds is 5. The molecule has 0 bridgehead atoms. The maximum Gasteiger partial charge on any atom is 0.264 e. The largest absolute Gasteiger partial charge is 0.484 e. The topological polar surface area (TPSA) is 42.7 Å². The monoisotopic (exact) mass is 341 g/mol. The number of amides is 1. The Bertz CT molecular complexity index is 816. The van der Waals surface area contributed by atoms with Gasteiger partial charge in [-0.1, -0.05) is 29.8 Å². The molecule has 3 aromatic rings. The van der Waals surface area contributed by atoms with Crippen molar-refractivity contribution in [1.82, 2.24) is 0 Å². The van der Waals surface area contributed by atoms with E-state index in [1.807, 2.05) is 48.5 Å². The Morgan fingerprint density at radius 2 is 1.92 bits per heavy atom. The Kier molecular flexibility index (Phi) is 4.87. The first kappa shape index (κ1) is 16.1. The summed E-state index contributed by atoms with van der Waals surface area (Å²) in [4.78, 5) is 13.8. The highest BCUT2D eigenvalue weighted by atomic mass is 35.5. The summed E-state index contributed by atoms with van der Waals surface area (Å²) in [5, 5.41) is 0.535. The van der Waals surface area contributed by atoms with Gasteiger partial charge in [0.1, 0.15) is 5.75 Å². The molecule has 2 aromatic carbocycles. The van der Waals surface area contributed by atoms with Crippen molar-refractivity contribution in [1.29, 1.82) is 0 Å². The highest BCUT2D eigenvalue weighted by molar-refractivity contribution is 6.31. The number of anilines is 1. The lowest BCUT2D eigenvalue weighted by Gasteiger charge is -2.17. The molecular formula is C19H16ClNO3. The smallest absolute Gasteiger partial charge is 0.264 e. The minimum absolute atomic E-state index is 0.0729. The number of carbonyl (C=O) groups excluding carboxylic acids is 1. The molecule has 0 unspecified atom stereocenters. The lowest BCUT2D eigenvalue weighted by atomic mass is 10.1. The van der Waals surface area contributed by atoms with Gasteiger partial charge in [-0.05, 0) is 42.0 Å². The van der Waals surface area contributed by atoms with Crippen molar-refractivity contribution in [2.45, 2.75) is 0 Å². The summed E-state index contributed by atoms with van der Waals surface area (Å²) in [6.45, 7) is -0.0729. The fourth-order valence-electron chi connectivity index (χ4n) is 2.28. The third kappa shape index (κ3) is 3.78. The quantitative estimate of drug-likeness (QED) is 0.678. The number of carbonyl (C=O) groups is 1. The fourth-order valence-corrected chi connectivity index (χ4v) is 2.50. The van der Waals surface area contributed by atoms with Gasteiger partial charge in [-0.15, -0.1) is 0 Å². The summed E-state index contributed by atoms with van der Waals surface area (Å²) < 4.78 is 10.7. The molecule has 1 aromatic heterocycles. The van der Waals surface area contributed by atoms with Crippen LogP contribution in [0, 0.1) is 0 Å². The number of benzene rings is 2. The Balaban J connectivity index is 1.69. The van der Waals surface area contributed by atoms with E-state index in [2.05, 4.69) is 0 Å². The lowest BCUT2D eigenvalue weighted by molar-refractivity contribution is -0.120. The van der Waals surface area contributed by atoms with E-state index >= 15 is 0 Å². The van der Waals surface area contributed by atoms with E-state index in [-0.39, 0.29) is 12.5 Å². The summed E-state index contributed by atoms with van der Waals surface area (Å²) in [7, 11) is 1.72. The molecule has 0 aliphatic heterocycles. The van der Waals surface area contributed by atoms with Crippen LogP contribution in [0.1, 0.15) is 0 Å². The number of nitrogens with zero attached hydrogens (tertiary/aromatic N) is 1. The molecule has 0 saturated carbocycles. The van der Waals surface area contributed by atoms with Crippen molar-refractivity contribution in [2.75, 3.05) is 18.6 Å². The van der Waals surface area contributed by atoms with E-state index in [1.54, 1.807) is 30.5 Å². The Hall–Kier alpha value is -2.72. The van der Waals surface area contributed by atoms with Crippen molar-refractivity contribution in [2.24, 2.45) is 0 Å². The van der Waals surface area contributed by atoms with Gasteiger partial charge in [0, 0.05) is 23.3 Å². The van der Waals surface area contributed by atoms with Crippen molar-refractivity contribution in [3.8, 4) is 16.9 Å². The first-order valence-electron chi connectivity index (χ1n) is 7.41. The molecule has 5 heteroatoms. The molecule has 0 aliphatic rings. The molecule has 0 N–H and O–H groups in total. The molecule has 0 spiro atoms. The molecule has 1 amide bonds. The number of furan rings is 1. The first-order valence-corrected chi connectivity index (χ1v) is 7.79. The van der Waals surface area contributed by atoms with Gasteiger partial charge in [-0.2, -0.15) is 0 Å². The standard InChI is InChI=1S/C19H16ClNO3/c1-21(17-5-3-2-4-6-17)19(22)13-24-18-10-15(9-16(20)11-18)14-7-8-23-12-14/h2-12H,13H2,1H3. The molecule has 0 fully saturated rings. The number of para-hydroxylation sites is 1. The van der Waals surface area contributed by atoms with Crippen molar-refractivity contribution >= 4 is 23.2 Å². The van der Waals surface area contributed by atoms with E-state index in [4.69, 9.17) is 20.8 Å². The molecule has 122 valence electrons. The Morgan fingerprint density at radius 1 is 1.12 bits per heavy atom. The van der Waals surface area contributed by atoms with Crippen LogP contribution in [0.5, 0.6) is 5.75 Å². The van der Waals surface area contributed by atoms with Gasteiger partial charge >= 0.3 is 0 Å². The third-order valence-electron chi connectivity index (χ3n) is 3.61. The zero-order valence-electron chi connectivity index (χ0n) is 13.1. The number of hydrogen-bond donors (Lipinski definition) is 0. The number of ether oxygens (including phenoxy) is 1. The third-order valence-corrected chi connectivity index (χ3v) is 3.82. The van der Waals surface area contributed by atoms with Crippen LogP contribution in [-0.4, -0.2) is 19.6 Å². The van der Waals surface area contributed by atoms with Gasteiger partial charge < -0.3 is 14.1 Å². The van der Waals surface area contributed by atoms with Gasteiger partial charge in [0.15, 0.2) is 6.61 Å². The van der Waals surface area contributed by atoms with Crippen LogP contribution in [0.4, 0.5) is 5.69 Å². The van der Waals surface area contributed by atoms with E-state index in [0.29, 0.717) is 10.8 Å². The average molecular weight is 342 g/mol. The van der Waals surface area contributed by atoms with Crippen LogP contribution in [-0.2, 0) is 4.79 Å². The van der Waals surface area contributed by atoms with Crippen molar-refractivity contribution in [3.63, 3.8) is 0 Å². The molecule has 3 rings (SSSR count). The summed E-state index contributed by atoms with van der Waals surface area (Å²) >= 11 is 6.13. The second-order valence-corrected chi connectivity index (χ2v) is 5.70. The molecule has 0 radical (unpaired) electrons. The first-order chi connectivity index (χ1) is 11.6. The van der Waals surface area contributed by atoms with Crippen LogP contribution >= 0.6 is 11.6 Å². The molecule has 0 aliphatic carbocycles. The highest BCUT2D eigenvalue weighted by Crippen LogP contribution is 2.28. The maximum atomic E-state index is 12.3. The minimum atomic E-state index is -0.147. The van der Waals surface area contributed by atoms with Crippen molar-refractivity contribution in [3.05, 3.63) is 72.1 Å². The Labute approximate surface area is 145 Å². The summed E-state index contributed by atoms with van der Waals surface area (Å²) in [5.41, 5.74) is 2.58. The van der Waals surface area contributed by atoms with Gasteiger partial charge in [0.2, 0.25) is 0 Å². The predicted molar refractivity (Wildman–Crippen MR) is 94.5 cm³/mol. The minimum Gasteiger partial charge on any atom is -0.484 e.